The van der Waals surface area contributed by atoms with Gasteiger partial charge in [0.05, 0.1) is 5.41 Å². The third kappa shape index (κ3) is 2.77. The molecule has 0 aromatic heterocycles. The first-order valence-electron chi connectivity index (χ1n) is 7.47. The first-order chi connectivity index (χ1) is 8.95. The second-order valence-electron chi connectivity index (χ2n) is 6.54. The molecule has 1 heterocycles. The molecule has 19 heavy (non-hydrogen) atoms. The van der Waals surface area contributed by atoms with Gasteiger partial charge in [-0.15, -0.1) is 0 Å². The van der Waals surface area contributed by atoms with Gasteiger partial charge in [-0.1, -0.05) is 26.7 Å². The monoisotopic (exact) mass is 267 g/mol. The molecule has 0 aromatic carbocycles. The number of carboxylic acids is 1. The fourth-order valence-corrected chi connectivity index (χ4v) is 3.53. The van der Waals surface area contributed by atoms with E-state index in [4.69, 9.17) is 0 Å². The van der Waals surface area contributed by atoms with Crippen LogP contribution in [0.2, 0.25) is 0 Å². The molecule has 1 atom stereocenters. The van der Waals surface area contributed by atoms with E-state index >= 15 is 0 Å². The summed E-state index contributed by atoms with van der Waals surface area (Å²) in [6, 6.07) is 0. The maximum atomic E-state index is 12.3. The molecule has 0 aromatic rings. The van der Waals surface area contributed by atoms with Crippen molar-refractivity contribution < 1.29 is 14.7 Å². The summed E-state index contributed by atoms with van der Waals surface area (Å²) in [5.74, 6) is 0.00926. The van der Waals surface area contributed by atoms with Crippen LogP contribution in [0.15, 0.2) is 0 Å². The Morgan fingerprint density at radius 3 is 2.42 bits per heavy atom. The van der Waals surface area contributed by atoms with Crippen LogP contribution >= 0.6 is 0 Å². The summed E-state index contributed by atoms with van der Waals surface area (Å²) in [4.78, 5) is 25.6. The second-order valence-corrected chi connectivity index (χ2v) is 6.54. The smallest absolute Gasteiger partial charge is 0.311 e. The minimum atomic E-state index is -0.751. The summed E-state index contributed by atoms with van der Waals surface area (Å²) in [6.45, 7) is 4.89. The molecule has 1 unspecified atom stereocenters. The average molecular weight is 267 g/mol. The van der Waals surface area contributed by atoms with Gasteiger partial charge in [-0.05, 0) is 31.1 Å². The molecule has 2 aliphatic rings. The van der Waals surface area contributed by atoms with Crippen LogP contribution in [0, 0.1) is 17.3 Å². The molecule has 0 radical (unpaired) electrons. The average Bonchev–Trinajstić information content (AvgIpc) is 2.97. The van der Waals surface area contributed by atoms with Crippen molar-refractivity contribution >= 4 is 11.9 Å². The number of rotatable bonds is 4. The van der Waals surface area contributed by atoms with Crippen LogP contribution in [0.25, 0.3) is 0 Å². The van der Waals surface area contributed by atoms with Crippen molar-refractivity contribution in [2.45, 2.75) is 52.4 Å². The molecule has 4 nitrogen and oxygen atoms in total. The Morgan fingerprint density at radius 2 is 1.95 bits per heavy atom. The number of hydrogen-bond donors (Lipinski definition) is 1. The van der Waals surface area contributed by atoms with E-state index in [2.05, 4.69) is 0 Å². The van der Waals surface area contributed by atoms with Crippen LogP contribution in [0.3, 0.4) is 0 Å². The zero-order valence-corrected chi connectivity index (χ0v) is 12.0. The normalized spacial score (nSPS) is 28.3. The van der Waals surface area contributed by atoms with E-state index in [0.717, 1.165) is 12.8 Å². The Hall–Kier alpha value is -1.06. The van der Waals surface area contributed by atoms with Crippen molar-refractivity contribution in [3.63, 3.8) is 0 Å². The standard InChI is InChI=1S/C15H25NO3/c1-11(2)15(14(18)19)7-8-16(10-15)13(17)9-12-5-3-4-6-12/h11-12H,3-10H2,1-2H3,(H,18,19). The largest absolute Gasteiger partial charge is 0.481 e. The van der Waals surface area contributed by atoms with Gasteiger partial charge in [0.25, 0.3) is 0 Å². The highest BCUT2D eigenvalue weighted by Crippen LogP contribution is 2.39. The van der Waals surface area contributed by atoms with Gasteiger partial charge in [0.2, 0.25) is 5.91 Å². The van der Waals surface area contributed by atoms with Crippen molar-refractivity contribution in [1.82, 2.24) is 4.90 Å². The third-order valence-corrected chi connectivity index (χ3v) is 5.12. The Morgan fingerprint density at radius 1 is 1.32 bits per heavy atom. The number of carboxylic acid groups (broad SMARTS) is 1. The number of carbonyl (C=O) groups excluding carboxylic acids is 1. The fraction of sp³-hybridized carbons (Fsp3) is 0.867. The first-order valence-corrected chi connectivity index (χ1v) is 7.47. The molecule has 2 fully saturated rings. The topological polar surface area (TPSA) is 57.6 Å². The lowest BCUT2D eigenvalue weighted by Gasteiger charge is -2.28. The molecule has 1 aliphatic heterocycles. The second kappa shape index (κ2) is 5.51. The van der Waals surface area contributed by atoms with Gasteiger partial charge in [0.15, 0.2) is 0 Å². The molecule has 108 valence electrons. The van der Waals surface area contributed by atoms with Crippen LogP contribution in [0.5, 0.6) is 0 Å². The third-order valence-electron chi connectivity index (χ3n) is 5.12. The van der Waals surface area contributed by atoms with Crippen molar-refractivity contribution in [1.29, 1.82) is 0 Å². The lowest BCUT2D eigenvalue weighted by atomic mass is 9.76. The molecule has 0 bridgehead atoms. The molecule has 2 rings (SSSR count). The van der Waals surface area contributed by atoms with Crippen LogP contribution in [-0.4, -0.2) is 35.0 Å². The minimum absolute atomic E-state index is 0.0641. The molecular formula is C15H25NO3. The molecular weight excluding hydrogens is 242 g/mol. The molecule has 1 amide bonds. The summed E-state index contributed by atoms with van der Waals surface area (Å²) in [5, 5.41) is 9.48. The number of aliphatic carboxylic acids is 1. The predicted octanol–water partition coefficient (Wildman–Crippen LogP) is 2.53. The number of amides is 1. The van der Waals surface area contributed by atoms with Gasteiger partial charge in [-0.2, -0.15) is 0 Å². The SMILES string of the molecule is CC(C)C1(C(=O)O)CCN(C(=O)CC2CCCC2)C1. The van der Waals surface area contributed by atoms with Gasteiger partial charge in [-0.3, -0.25) is 9.59 Å². The molecule has 4 heteroatoms. The van der Waals surface area contributed by atoms with E-state index in [0.29, 0.717) is 31.8 Å². The van der Waals surface area contributed by atoms with E-state index in [-0.39, 0.29) is 11.8 Å². The van der Waals surface area contributed by atoms with Crippen LogP contribution < -0.4 is 0 Å². The van der Waals surface area contributed by atoms with Crippen molar-refractivity contribution in [3.8, 4) is 0 Å². The van der Waals surface area contributed by atoms with E-state index in [1.54, 1.807) is 4.90 Å². The van der Waals surface area contributed by atoms with Crippen molar-refractivity contribution in [3.05, 3.63) is 0 Å². The Balaban J connectivity index is 1.96. The van der Waals surface area contributed by atoms with Crippen LogP contribution in [0.4, 0.5) is 0 Å². The van der Waals surface area contributed by atoms with Gasteiger partial charge in [0.1, 0.15) is 0 Å². The molecule has 0 spiro atoms. The number of likely N-dealkylation sites (tertiary alicyclic amines) is 1. The summed E-state index contributed by atoms with van der Waals surface area (Å²) in [5.41, 5.74) is -0.731. The Kier molecular flexibility index (Phi) is 4.16. The van der Waals surface area contributed by atoms with Gasteiger partial charge in [-0.25, -0.2) is 0 Å². The highest BCUT2D eigenvalue weighted by Gasteiger charge is 2.48. The number of nitrogens with zero attached hydrogens (tertiary/aromatic N) is 1. The van der Waals surface area contributed by atoms with Gasteiger partial charge >= 0.3 is 5.97 Å². The summed E-state index contributed by atoms with van der Waals surface area (Å²) < 4.78 is 0. The highest BCUT2D eigenvalue weighted by molar-refractivity contribution is 5.81. The molecule has 1 N–H and O–H groups in total. The molecule has 1 saturated heterocycles. The highest BCUT2D eigenvalue weighted by atomic mass is 16.4. The van der Waals surface area contributed by atoms with Gasteiger partial charge < -0.3 is 10.0 Å². The summed E-state index contributed by atoms with van der Waals surface area (Å²) in [7, 11) is 0. The molecule has 1 aliphatic carbocycles. The zero-order valence-electron chi connectivity index (χ0n) is 12.0. The number of hydrogen-bond acceptors (Lipinski definition) is 2. The molecule has 1 saturated carbocycles. The van der Waals surface area contributed by atoms with Crippen molar-refractivity contribution in [2.75, 3.05) is 13.1 Å². The Labute approximate surface area is 115 Å². The lowest BCUT2D eigenvalue weighted by Crippen LogP contribution is -2.40. The van der Waals surface area contributed by atoms with E-state index in [9.17, 15) is 14.7 Å². The maximum absolute atomic E-state index is 12.3. The van der Waals surface area contributed by atoms with Crippen LogP contribution in [-0.2, 0) is 9.59 Å². The maximum Gasteiger partial charge on any atom is 0.311 e. The van der Waals surface area contributed by atoms with E-state index in [1.165, 1.54) is 12.8 Å². The minimum Gasteiger partial charge on any atom is -0.481 e. The number of carbonyl (C=O) groups is 2. The predicted molar refractivity (Wildman–Crippen MR) is 72.7 cm³/mol. The first kappa shape index (κ1) is 14.4. The lowest BCUT2D eigenvalue weighted by molar-refractivity contribution is -0.151. The van der Waals surface area contributed by atoms with Gasteiger partial charge in [0, 0.05) is 19.5 Å². The van der Waals surface area contributed by atoms with E-state index < -0.39 is 11.4 Å². The Bertz CT molecular complexity index is 360. The quantitative estimate of drug-likeness (QED) is 0.851. The van der Waals surface area contributed by atoms with Crippen molar-refractivity contribution in [2.24, 2.45) is 17.3 Å². The van der Waals surface area contributed by atoms with Crippen LogP contribution in [0.1, 0.15) is 52.4 Å². The zero-order chi connectivity index (χ0) is 14.0. The fourth-order valence-electron chi connectivity index (χ4n) is 3.53. The summed E-state index contributed by atoms with van der Waals surface area (Å²) in [6.07, 6.45) is 6.01. The summed E-state index contributed by atoms with van der Waals surface area (Å²) >= 11 is 0. The van der Waals surface area contributed by atoms with E-state index in [1.807, 2.05) is 13.8 Å².